The molecule has 6 rings (SSSR count). The number of rotatable bonds is 5. The van der Waals surface area contributed by atoms with E-state index in [2.05, 4.69) is 12.2 Å². The van der Waals surface area contributed by atoms with Crippen LogP contribution in [0.3, 0.4) is 0 Å². The van der Waals surface area contributed by atoms with E-state index in [1.165, 1.54) is 18.2 Å². The average molecular weight is 597 g/mol. The van der Waals surface area contributed by atoms with Crippen molar-refractivity contribution in [2.45, 2.75) is 50.3 Å². The van der Waals surface area contributed by atoms with Crippen LogP contribution in [-0.2, 0) is 24.7 Å². The Hall–Kier alpha value is -1.87. The fourth-order valence-corrected chi connectivity index (χ4v) is 7.97. The first-order valence-electron chi connectivity index (χ1n) is 12.6. The van der Waals surface area contributed by atoms with E-state index in [-0.39, 0.29) is 10.7 Å². The number of nitrogens with one attached hydrogen (secondary N) is 1. The number of carbonyl (C=O) groups is 3. The number of carbonyl (C=O) groups excluding carboxylic acids is 3. The number of ether oxygens (including phenoxy) is 1. The number of unbranched alkanes of at least 4 members (excludes halogenated alkanes) is 1. The van der Waals surface area contributed by atoms with Gasteiger partial charge in [-0.2, -0.15) is 0 Å². The summed E-state index contributed by atoms with van der Waals surface area (Å²) in [6, 6.07) is 7.38. The standard InChI is InChI=1S/C27H25Cl4N3O4/c1-3-4-5-38-26(2)11-19-20-21(24(36)34(23(20)35)16-7-13(28)6-14(29)8-16)27(33(19)12-26)17-9-15(30)10-18(31)22(17)32-25(27)37/h6-10,19-21H,3-5,11-12H2,1-2H3,(H,32,37)/t19?,20?,21?,26-,27?/m0/s1. The highest BCUT2D eigenvalue weighted by molar-refractivity contribution is 6.38. The van der Waals surface area contributed by atoms with Crippen molar-refractivity contribution < 1.29 is 19.1 Å². The van der Waals surface area contributed by atoms with Crippen molar-refractivity contribution in [2.24, 2.45) is 11.8 Å². The molecule has 0 aromatic heterocycles. The molecule has 3 amide bonds. The highest BCUT2D eigenvalue weighted by Crippen LogP contribution is 2.63. The Morgan fingerprint density at radius 3 is 2.37 bits per heavy atom. The molecule has 5 atom stereocenters. The lowest BCUT2D eigenvalue weighted by Gasteiger charge is -2.38. The van der Waals surface area contributed by atoms with Crippen LogP contribution in [0.2, 0.25) is 20.1 Å². The zero-order valence-electron chi connectivity index (χ0n) is 20.7. The van der Waals surface area contributed by atoms with Crippen molar-refractivity contribution in [1.82, 2.24) is 4.90 Å². The van der Waals surface area contributed by atoms with Gasteiger partial charge in [0.25, 0.3) is 5.91 Å². The molecule has 0 saturated carbocycles. The fourth-order valence-electron chi connectivity index (χ4n) is 6.92. The Labute approximate surface area is 240 Å². The number of anilines is 2. The maximum absolute atomic E-state index is 14.2. The lowest BCUT2D eigenvalue weighted by molar-refractivity contribution is -0.136. The SMILES string of the molecule is CCCCO[C@@]1(C)CC2C3C(=O)N(c4cc(Cl)cc(Cl)c4)C(=O)C3C3(C(=O)Nc4c(Cl)cc(Cl)cc43)N2C1. The number of hydrogen-bond acceptors (Lipinski definition) is 5. The van der Waals surface area contributed by atoms with Gasteiger partial charge in [0.1, 0.15) is 5.54 Å². The van der Waals surface area contributed by atoms with E-state index in [0.29, 0.717) is 45.9 Å². The number of amides is 3. The summed E-state index contributed by atoms with van der Waals surface area (Å²) in [4.78, 5) is 45.5. The van der Waals surface area contributed by atoms with Gasteiger partial charge in [-0.05, 0) is 50.1 Å². The minimum atomic E-state index is -1.48. The van der Waals surface area contributed by atoms with E-state index in [4.69, 9.17) is 51.1 Å². The average Bonchev–Trinajstić information content (AvgIpc) is 3.47. The summed E-state index contributed by atoms with van der Waals surface area (Å²) in [5, 5.41) is 4.10. The monoisotopic (exact) mass is 595 g/mol. The van der Waals surface area contributed by atoms with Crippen molar-refractivity contribution in [1.29, 1.82) is 0 Å². The summed E-state index contributed by atoms with van der Waals surface area (Å²) in [5.74, 6) is -3.06. The molecule has 2 aromatic rings. The highest BCUT2D eigenvalue weighted by Gasteiger charge is 2.76. The fraction of sp³-hybridized carbons (Fsp3) is 0.444. The predicted octanol–water partition coefficient (Wildman–Crippen LogP) is 5.92. The second-order valence-corrected chi connectivity index (χ2v) is 12.4. The summed E-state index contributed by atoms with van der Waals surface area (Å²) in [6.45, 7) is 5.02. The molecule has 4 unspecified atom stereocenters. The van der Waals surface area contributed by atoms with Crippen LogP contribution >= 0.6 is 46.4 Å². The maximum atomic E-state index is 14.2. The Bertz CT molecular complexity index is 1380. The van der Waals surface area contributed by atoms with Gasteiger partial charge in [-0.15, -0.1) is 0 Å². The van der Waals surface area contributed by atoms with Gasteiger partial charge >= 0.3 is 0 Å². The molecular weight excluding hydrogens is 572 g/mol. The van der Waals surface area contributed by atoms with Crippen molar-refractivity contribution >= 4 is 75.5 Å². The highest BCUT2D eigenvalue weighted by atomic mass is 35.5. The molecule has 11 heteroatoms. The number of imide groups is 1. The Balaban J connectivity index is 1.53. The van der Waals surface area contributed by atoms with E-state index >= 15 is 0 Å². The quantitative estimate of drug-likeness (QED) is 0.342. The Morgan fingerprint density at radius 1 is 1.00 bits per heavy atom. The summed E-state index contributed by atoms with van der Waals surface area (Å²) < 4.78 is 6.32. The second-order valence-electron chi connectivity index (χ2n) is 10.7. The first-order chi connectivity index (χ1) is 18.0. The summed E-state index contributed by atoms with van der Waals surface area (Å²) >= 11 is 25.4. The van der Waals surface area contributed by atoms with E-state index in [0.717, 1.165) is 17.7 Å². The molecule has 1 spiro atoms. The molecule has 4 aliphatic heterocycles. The van der Waals surface area contributed by atoms with Gasteiger partial charge in [0.05, 0.1) is 33.8 Å². The third-order valence-electron chi connectivity index (χ3n) is 8.32. The first kappa shape index (κ1) is 26.4. The van der Waals surface area contributed by atoms with Gasteiger partial charge in [-0.1, -0.05) is 59.7 Å². The lowest BCUT2D eigenvalue weighted by Crippen LogP contribution is -2.55. The van der Waals surface area contributed by atoms with Crippen LogP contribution in [0.5, 0.6) is 0 Å². The van der Waals surface area contributed by atoms with Gasteiger partial charge in [0, 0.05) is 39.8 Å². The molecule has 2 aromatic carbocycles. The molecule has 1 N–H and O–H groups in total. The van der Waals surface area contributed by atoms with Crippen molar-refractivity contribution in [3.05, 3.63) is 56.0 Å². The van der Waals surface area contributed by atoms with Crippen LogP contribution in [0.25, 0.3) is 0 Å². The van der Waals surface area contributed by atoms with Gasteiger partial charge in [-0.3, -0.25) is 19.3 Å². The molecule has 4 aliphatic rings. The van der Waals surface area contributed by atoms with Crippen LogP contribution in [0.4, 0.5) is 11.4 Å². The van der Waals surface area contributed by atoms with Crippen LogP contribution in [0.15, 0.2) is 30.3 Å². The Kier molecular flexibility index (Phi) is 6.30. The molecule has 0 aliphatic carbocycles. The van der Waals surface area contributed by atoms with Crippen molar-refractivity contribution in [2.75, 3.05) is 23.4 Å². The normalized spacial score (nSPS) is 31.8. The van der Waals surface area contributed by atoms with E-state index < -0.39 is 46.7 Å². The van der Waals surface area contributed by atoms with Crippen LogP contribution in [0.1, 0.15) is 38.7 Å². The minimum Gasteiger partial charge on any atom is -0.374 e. The van der Waals surface area contributed by atoms with E-state index in [1.807, 2.05) is 11.8 Å². The molecule has 38 heavy (non-hydrogen) atoms. The van der Waals surface area contributed by atoms with E-state index in [1.54, 1.807) is 12.1 Å². The molecule has 4 heterocycles. The van der Waals surface area contributed by atoms with Crippen LogP contribution in [-0.4, -0.2) is 47.4 Å². The van der Waals surface area contributed by atoms with Gasteiger partial charge in [0.2, 0.25) is 11.8 Å². The van der Waals surface area contributed by atoms with Crippen LogP contribution in [0, 0.1) is 11.8 Å². The third kappa shape index (κ3) is 3.59. The molecule has 7 nitrogen and oxygen atoms in total. The Morgan fingerprint density at radius 2 is 1.68 bits per heavy atom. The summed E-state index contributed by atoms with van der Waals surface area (Å²) in [7, 11) is 0. The molecule has 0 radical (unpaired) electrons. The number of halogens is 4. The molecule has 3 fully saturated rings. The topological polar surface area (TPSA) is 78.9 Å². The van der Waals surface area contributed by atoms with Crippen molar-refractivity contribution in [3.63, 3.8) is 0 Å². The smallest absolute Gasteiger partial charge is 0.250 e. The molecule has 200 valence electrons. The number of benzene rings is 2. The largest absolute Gasteiger partial charge is 0.374 e. The maximum Gasteiger partial charge on any atom is 0.250 e. The lowest BCUT2D eigenvalue weighted by atomic mass is 9.74. The second kappa shape index (κ2) is 9.08. The van der Waals surface area contributed by atoms with Gasteiger partial charge in [0.15, 0.2) is 0 Å². The van der Waals surface area contributed by atoms with Gasteiger partial charge < -0.3 is 10.1 Å². The number of fused-ring (bicyclic) bond motifs is 7. The zero-order chi connectivity index (χ0) is 27.1. The predicted molar refractivity (Wildman–Crippen MR) is 147 cm³/mol. The summed E-state index contributed by atoms with van der Waals surface area (Å²) in [6.07, 6.45) is 2.36. The molecule has 0 bridgehead atoms. The molecular formula is C27H25Cl4N3O4. The minimum absolute atomic E-state index is 0.272. The van der Waals surface area contributed by atoms with Crippen molar-refractivity contribution in [3.8, 4) is 0 Å². The van der Waals surface area contributed by atoms with Crippen LogP contribution < -0.4 is 10.2 Å². The first-order valence-corrected chi connectivity index (χ1v) is 14.1. The molecule has 3 saturated heterocycles. The number of hydrogen-bond donors (Lipinski definition) is 1. The van der Waals surface area contributed by atoms with Gasteiger partial charge in [-0.25, -0.2) is 4.90 Å². The zero-order valence-corrected chi connectivity index (χ0v) is 23.7. The summed E-state index contributed by atoms with van der Waals surface area (Å²) in [5.41, 5.74) is -0.905. The third-order valence-corrected chi connectivity index (χ3v) is 9.27. The van der Waals surface area contributed by atoms with E-state index in [9.17, 15) is 14.4 Å². The number of nitrogens with zero attached hydrogens (tertiary/aromatic N) is 2.